The van der Waals surface area contributed by atoms with E-state index in [1.807, 2.05) is 7.05 Å². The van der Waals surface area contributed by atoms with E-state index < -0.39 is 5.79 Å². The minimum atomic E-state index is -0.441. The van der Waals surface area contributed by atoms with Crippen molar-refractivity contribution in [3.63, 3.8) is 0 Å². The SMILES string of the molecule is Cn1[nH]c2c(c1=O)CCC1C2(C)CCC2(OCCO2)C1(C)C. The first-order valence-corrected chi connectivity index (χ1v) is 8.38. The normalized spacial score (nSPS) is 35.4. The summed E-state index contributed by atoms with van der Waals surface area (Å²) in [5.74, 6) is 0.00132. The van der Waals surface area contributed by atoms with Gasteiger partial charge < -0.3 is 9.47 Å². The van der Waals surface area contributed by atoms with Crippen molar-refractivity contribution in [1.29, 1.82) is 0 Å². The minimum Gasteiger partial charge on any atom is -0.347 e. The molecule has 1 spiro atoms. The van der Waals surface area contributed by atoms with Crippen LogP contribution in [0.15, 0.2) is 4.79 Å². The number of ether oxygens (including phenoxy) is 2. The standard InChI is InChI=1S/C17H26N2O3/c1-15(2)12-6-5-11-13(18-19(4)14(11)20)16(12,3)7-8-17(15)21-9-10-22-17/h12,18H,5-10H2,1-4H3. The van der Waals surface area contributed by atoms with Gasteiger partial charge in [-0.05, 0) is 25.2 Å². The third-order valence-corrected chi connectivity index (χ3v) is 6.75. The van der Waals surface area contributed by atoms with E-state index in [1.54, 1.807) is 4.68 Å². The highest BCUT2D eigenvalue weighted by atomic mass is 16.7. The van der Waals surface area contributed by atoms with E-state index in [2.05, 4.69) is 25.9 Å². The molecule has 0 bridgehead atoms. The van der Waals surface area contributed by atoms with Crippen LogP contribution >= 0.6 is 0 Å². The molecule has 4 rings (SSSR count). The van der Waals surface area contributed by atoms with Crippen molar-refractivity contribution in [2.24, 2.45) is 18.4 Å². The third kappa shape index (κ3) is 1.54. The molecule has 2 unspecified atom stereocenters. The molecule has 1 saturated carbocycles. The van der Waals surface area contributed by atoms with Gasteiger partial charge in [-0.25, -0.2) is 0 Å². The van der Waals surface area contributed by atoms with Crippen molar-refractivity contribution in [1.82, 2.24) is 9.78 Å². The molecule has 0 amide bonds. The van der Waals surface area contributed by atoms with Crippen molar-refractivity contribution in [3.05, 3.63) is 21.6 Å². The monoisotopic (exact) mass is 306 g/mol. The molecule has 1 N–H and O–H groups in total. The molecule has 2 fully saturated rings. The van der Waals surface area contributed by atoms with Gasteiger partial charge in [-0.2, -0.15) is 0 Å². The molecule has 2 atom stereocenters. The minimum absolute atomic E-state index is 0.00192. The predicted molar refractivity (Wildman–Crippen MR) is 82.8 cm³/mol. The Hall–Kier alpha value is -1.07. The van der Waals surface area contributed by atoms with Gasteiger partial charge in [0.1, 0.15) is 0 Å². The zero-order chi connectivity index (χ0) is 15.8. The van der Waals surface area contributed by atoms with Gasteiger partial charge >= 0.3 is 0 Å². The smallest absolute Gasteiger partial charge is 0.269 e. The van der Waals surface area contributed by atoms with Crippen molar-refractivity contribution < 1.29 is 9.47 Å². The zero-order valence-corrected chi connectivity index (χ0v) is 14.0. The lowest BCUT2D eigenvalue weighted by Crippen LogP contribution is -2.61. The Balaban J connectivity index is 1.83. The van der Waals surface area contributed by atoms with Crippen LogP contribution in [0.1, 0.15) is 51.3 Å². The quantitative estimate of drug-likeness (QED) is 0.798. The van der Waals surface area contributed by atoms with E-state index in [1.165, 1.54) is 0 Å². The van der Waals surface area contributed by atoms with Crippen molar-refractivity contribution in [3.8, 4) is 0 Å². The molecule has 1 aromatic heterocycles. The van der Waals surface area contributed by atoms with Crippen LogP contribution in [0.3, 0.4) is 0 Å². The second kappa shape index (κ2) is 4.26. The van der Waals surface area contributed by atoms with Gasteiger partial charge in [-0.1, -0.05) is 20.8 Å². The summed E-state index contributed by atoms with van der Waals surface area (Å²) in [6.07, 6.45) is 3.76. The van der Waals surface area contributed by atoms with Crippen LogP contribution in [-0.4, -0.2) is 28.8 Å². The average Bonchev–Trinajstić information content (AvgIpc) is 3.05. The number of aryl methyl sites for hydroxylation is 1. The Morgan fingerprint density at radius 2 is 1.86 bits per heavy atom. The first-order chi connectivity index (χ1) is 10.3. The van der Waals surface area contributed by atoms with Crippen LogP contribution in [0, 0.1) is 11.3 Å². The molecule has 1 aromatic rings. The fraction of sp³-hybridized carbons (Fsp3) is 0.824. The number of H-pyrrole nitrogens is 1. The Bertz CT molecular complexity index is 666. The predicted octanol–water partition coefficient (Wildman–Crippen LogP) is 2.10. The van der Waals surface area contributed by atoms with Crippen molar-refractivity contribution >= 4 is 0 Å². The molecular weight excluding hydrogens is 280 g/mol. The van der Waals surface area contributed by atoms with Crippen molar-refractivity contribution in [2.75, 3.05) is 13.2 Å². The molecular formula is C17H26N2O3. The second-order valence-electron chi connectivity index (χ2n) is 8.01. The lowest BCUT2D eigenvalue weighted by atomic mass is 9.49. The van der Waals surface area contributed by atoms with Gasteiger partial charge in [0.05, 0.1) is 13.2 Å². The van der Waals surface area contributed by atoms with Crippen molar-refractivity contribution in [2.45, 2.75) is 57.7 Å². The Kier molecular flexibility index (Phi) is 2.81. The first-order valence-electron chi connectivity index (χ1n) is 8.38. The Morgan fingerprint density at radius 3 is 2.55 bits per heavy atom. The second-order valence-corrected chi connectivity index (χ2v) is 8.01. The van der Waals surface area contributed by atoms with Gasteiger partial charge in [0, 0.05) is 35.6 Å². The summed E-state index contributed by atoms with van der Waals surface area (Å²) in [5.41, 5.74) is 2.21. The topological polar surface area (TPSA) is 56.2 Å². The van der Waals surface area contributed by atoms with Gasteiger partial charge in [-0.3, -0.25) is 14.6 Å². The van der Waals surface area contributed by atoms with Crippen LogP contribution in [0.25, 0.3) is 0 Å². The Labute approximate surface area is 131 Å². The summed E-state index contributed by atoms with van der Waals surface area (Å²) >= 11 is 0. The molecule has 0 aromatic carbocycles. The molecule has 5 nitrogen and oxygen atoms in total. The summed E-state index contributed by atoms with van der Waals surface area (Å²) < 4.78 is 13.9. The lowest BCUT2D eigenvalue weighted by Gasteiger charge is -2.59. The van der Waals surface area contributed by atoms with Crippen LogP contribution in [0.5, 0.6) is 0 Å². The lowest BCUT2D eigenvalue weighted by molar-refractivity contribution is -0.276. The van der Waals surface area contributed by atoms with E-state index in [0.717, 1.165) is 36.9 Å². The van der Waals surface area contributed by atoms with E-state index >= 15 is 0 Å². The number of aromatic nitrogens is 2. The van der Waals surface area contributed by atoms with E-state index in [9.17, 15) is 4.79 Å². The number of hydrogen-bond acceptors (Lipinski definition) is 3. The highest BCUT2D eigenvalue weighted by Crippen LogP contribution is 2.61. The summed E-state index contributed by atoms with van der Waals surface area (Å²) in [6, 6.07) is 0. The molecule has 2 heterocycles. The Morgan fingerprint density at radius 1 is 1.18 bits per heavy atom. The van der Waals surface area contributed by atoms with Gasteiger partial charge in [0.25, 0.3) is 5.56 Å². The summed E-state index contributed by atoms with van der Waals surface area (Å²) in [4.78, 5) is 12.3. The highest BCUT2D eigenvalue weighted by Gasteiger charge is 2.63. The molecule has 122 valence electrons. The fourth-order valence-electron chi connectivity index (χ4n) is 5.52. The number of aromatic amines is 1. The fourth-order valence-corrected chi connectivity index (χ4v) is 5.52. The largest absolute Gasteiger partial charge is 0.347 e. The molecule has 1 saturated heterocycles. The average molecular weight is 306 g/mol. The summed E-state index contributed by atoms with van der Waals surface area (Å²) in [7, 11) is 1.82. The van der Waals surface area contributed by atoms with E-state index in [-0.39, 0.29) is 16.4 Å². The number of fused-ring (bicyclic) bond motifs is 3. The van der Waals surface area contributed by atoms with Crippen LogP contribution in [0.4, 0.5) is 0 Å². The van der Waals surface area contributed by atoms with Gasteiger partial charge in [0.2, 0.25) is 0 Å². The van der Waals surface area contributed by atoms with E-state index in [0.29, 0.717) is 19.1 Å². The number of rotatable bonds is 0. The molecule has 3 aliphatic rings. The number of hydrogen-bond donors (Lipinski definition) is 1. The molecule has 0 radical (unpaired) electrons. The third-order valence-electron chi connectivity index (χ3n) is 6.75. The maximum atomic E-state index is 12.3. The van der Waals surface area contributed by atoms with Gasteiger partial charge in [-0.15, -0.1) is 0 Å². The maximum Gasteiger partial charge on any atom is 0.269 e. The van der Waals surface area contributed by atoms with Crippen LogP contribution in [-0.2, 0) is 28.4 Å². The number of nitrogens with one attached hydrogen (secondary N) is 1. The maximum absolute atomic E-state index is 12.3. The molecule has 22 heavy (non-hydrogen) atoms. The first kappa shape index (κ1) is 14.5. The zero-order valence-electron chi connectivity index (χ0n) is 14.0. The summed E-state index contributed by atoms with van der Waals surface area (Å²) in [5, 5.41) is 3.34. The highest BCUT2D eigenvalue weighted by molar-refractivity contribution is 5.33. The van der Waals surface area contributed by atoms with Crippen LogP contribution in [0.2, 0.25) is 0 Å². The summed E-state index contributed by atoms with van der Waals surface area (Å²) in [6.45, 7) is 8.27. The number of nitrogens with zero attached hydrogens (tertiary/aromatic N) is 1. The molecule has 5 heteroatoms. The van der Waals surface area contributed by atoms with Crippen LogP contribution < -0.4 is 5.56 Å². The molecule has 2 aliphatic carbocycles. The molecule has 1 aliphatic heterocycles. The van der Waals surface area contributed by atoms with Gasteiger partial charge in [0.15, 0.2) is 5.79 Å². The van der Waals surface area contributed by atoms with E-state index in [4.69, 9.17) is 9.47 Å².